The number of carbonyl (C=O) groups is 1. The van der Waals surface area contributed by atoms with Gasteiger partial charge >= 0.3 is 178 Å². The van der Waals surface area contributed by atoms with Crippen LogP contribution in [0.2, 0.25) is 5.21 Å². The van der Waals surface area contributed by atoms with E-state index in [4.69, 9.17) is 16.7 Å². The van der Waals surface area contributed by atoms with Gasteiger partial charge in [-0.2, -0.15) is 0 Å². The number of non-ortho nitro benzene ring substituents is 1. The summed E-state index contributed by atoms with van der Waals surface area (Å²) in [6.45, 7) is -0.803. The van der Waals surface area contributed by atoms with Crippen LogP contribution in [0.1, 0.15) is 10.4 Å². The van der Waals surface area contributed by atoms with Crippen LogP contribution in [0.5, 0.6) is 0 Å². The number of aliphatic hydroxyl groups excluding tert-OH is 1. The number of hydrogen-bond acceptors (Lipinski definition) is 10. The van der Waals surface area contributed by atoms with Crippen LogP contribution >= 0.6 is 11.6 Å². The molecule has 1 aromatic rings. The number of nitro benzene ring substituents is 2. The summed E-state index contributed by atoms with van der Waals surface area (Å²) in [6.07, 6.45) is 0.835. The standard InChI is InChI=1S/C14H19AsClN3O9S/c1-29(26,27)28-7-5-17(4-3-16)13-11(14(21)15-2-6-20)8-10(18(22)23)9-12(13)19(24)25/h8-9,15,20H,2-7H2,1H3. The quantitative estimate of drug-likeness (QED) is 0.128. The number of halogens is 1. The molecule has 0 radical (unpaired) electrons. The first kappa shape index (κ1) is 25.2. The fraction of sp³-hybridized carbons (Fsp3) is 0.500. The van der Waals surface area contributed by atoms with Crippen LogP contribution in [0.3, 0.4) is 0 Å². The van der Waals surface area contributed by atoms with E-state index >= 15 is 0 Å². The second-order valence-electron chi connectivity index (χ2n) is 5.56. The summed E-state index contributed by atoms with van der Waals surface area (Å²) in [5.41, 5.74) is -1.73. The zero-order chi connectivity index (χ0) is 22.2. The Morgan fingerprint density at radius 2 is 1.93 bits per heavy atom. The molecule has 1 unspecified atom stereocenters. The average molecular weight is 516 g/mol. The van der Waals surface area contributed by atoms with Crippen molar-refractivity contribution in [3.63, 3.8) is 0 Å². The Morgan fingerprint density at radius 1 is 1.28 bits per heavy atom. The van der Waals surface area contributed by atoms with Gasteiger partial charge in [-0.3, -0.25) is 0 Å². The van der Waals surface area contributed by atoms with E-state index in [1.165, 1.54) is 4.90 Å². The van der Waals surface area contributed by atoms with Crippen molar-refractivity contribution in [1.29, 1.82) is 0 Å². The van der Waals surface area contributed by atoms with Gasteiger partial charge in [-0.15, -0.1) is 0 Å². The summed E-state index contributed by atoms with van der Waals surface area (Å²) in [5.74, 6) is -0.0203. The molecule has 0 fully saturated rings. The number of alkyl halides is 1. The third-order valence-corrected chi connectivity index (χ3v) is 6.45. The molecular formula is C14H19AsClN3O9S. The third kappa shape index (κ3) is 7.86. The molecule has 0 spiro atoms. The fourth-order valence-electron chi connectivity index (χ4n) is 2.36. The maximum atomic E-state index is 12.6. The van der Waals surface area contributed by atoms with Gasteiger partial charge in [-0.25, -0.2) is 0 Å². The minimum absolute atomic E-state index is 0.00634. The topological polar surface area (TPSA) is 170 Å². The molecule has 0 aliphatic carbocycles. The second kappa shape index (κ2) is 11.4. The van der Waals surface area contributed by atoms with E-state index in [-0.39, 0.29) is 48.6 Å². The Kier molecular flexibility index (Phi) is 9.93. The van der Waals surface area contributed by atoms with E-state index in [1.54, 1.807) is 0 Å². The van der Waals surface area contributed by atoms with Crippen molar-refractivity contribution in [1.82, 2.24) is 0 Å². The van der Waals surface area contributed by atoms with Gasteiger partial charge in [0.2, 0.25) is 0 Å². The zero-order valence-corrected chi connectivity index (χ0v) is 18.9. The SMILES string of the molecule is CS(=O)(=O)OCCN(CCCl)c1c(C(=O)[AsH]CCO)cc([N+](=O)[O-])cc1[N+](=O)[O-]. The van der Waals surface area contributed by atoms with Gasteiger partial charge in [0.25, 0.3) is 0 Å². The number of nitro groups is 2. The van der Waals surface area contributed by atoms with Crippen molar-refractivity contribution < 1.29 is 32.3 Å². The van der Waals surface area contributed by atoms with E-state index in [0.717, 1.165) is 18.4 Å². The number of carbonyl (C=O) groups excluding carboxylic acids is 1. The van der Waals surface area contributed by atoms with Crippen molar-refractivity contribution in [3.8, 4) is 0 Å². The van der Waals surface area contributed by atoms with E-state index in [0.29, 0.717) is 0 Å². The molecule has 1 atom stereocenters. The van der Waals surface area contributed by atoms with Gasteiger partial charge in [0.05, 0.1) is 0 Å². The van der Waals surface area contributed by atoms with Crippen molar-refractivity contribution in [2.45, 2.75) is 5.21 Å². The van der Waals surface area contributed by atoms with Gasteiger partial charge in [-0.1, -0.05) is 0 Å². The molecule has 0 bridgehead atoms. The molecule has 0 aromatic heterocycles. The van der Waals surface area contributed by atoms with E-state index in [1.807, 2.05) is 0 Å². The summed E-state index contributed by atoms with van der Waals surface area (Å²) >= 11 is 4.32. The number of rotatable bonds is 13. The molecule has 1 N–H and O–H groups in total. The molecule has 0 aliphatic heterocycles. The van der Waals surface area contributed by atoms with Crippen LogP contribution in [-0.4, -0.2) is 82.1 Å². The molecule has 0 saturated carbocycles. The van der Waals surface area contributed by atoms with Crippen LogP contribution < -0.4 is 4.90 Å². The number of aliphatic hydroxyl groups is 1. The molecule has 15 heteroatoms. The molecule has 12 nitrogen and oxygen atoms in total. The molecule has 0 aliphatic rings. The Labute approximate surface area is 177 Å². The first-order chi connectivity index (χ1) is 13.5. The predicted molar refractivity (Wildman–Crippen MR) is 107 cm³/mol. The Balaban J connectivity index is 3.55. The minimum atomic E-state index is -3.77. The van der Waals surface area contributed by atoms with Crippen molar-refractivity contribution in [2.24, 2.45) is 0 Å². The normalized spacial score (nSPS) is 11.7. The van der Waals surface area contributed by atoms with Crippen molar-refractivity contribution in [2.75, 3.05) is 43.3 Å². The molecule has 29 heavy (non-hydrogen) atoms. The first-order valence-electron chi connectivity index (χ1n) is 8.03. The Morgan fingerprint density at radius 3 is 2.41 bits per heavy atom. The van der Waals surface area contributed by atoms with E-state index in [9.17, 15) is 33.4 Å². The first-order valence-corrected chi connectivity index (χ1v) is 12.9. The summed E-state index contributed by atoms with van der Waals surface area (Å²) in [7, 11) is -3.77. The summed E-state index contributed by atoms with van der Waals surface area (Å²) in [4.78, 5) is 35.0. The molecule has 162 valence electrons. The third-order valence-electron chi connectivity index (χ3n) is 3.45. The van der Waals surface area contributed by atoms with Crippen LogP contribution in [0.4, 0.5) is 17.1 Å². The molecule has 0 heterocycles. The van der Waals surface area contributed by atoms with Crippen LogP contribution in [0.25, 0.3) is 0 Å². The van der Waals surface area contributed by atoms with Crippen LogP contribution in [0, 0.1) is 20.2 Å². The van der Waals surface area contributed by atoms with E-state index < -0.39 is 51.7 Å². The summed E-state index contributed by atoms with van der Waals surface area (Å²) in [5, 5.41) is 31.9. The molecule has 1 rings (SSSR count). The molecule has 0 saturated heterocycles. The van der Waals surface area contributed by atoms with Gasteiger partial charge in [0, 0.05) is 0 Å². The monoisotopic (exact) mass is 515 g/mol. The second-order valence-corrected chi connectivity index (χ2v) is 10.3. The molecule has 1 aromatic carbocycles. The zero-order valence-electron chi connectivity index (χ0n) is 15.2. The summed E-state index contributed by atoms with van der Waals surface area (Å²) in [6, 6.07) is 1.68. The van der Waals surface area contributed by atoms with Gasteiger partial charge in [-0.05, 0) is 0 Å². The Hall–Kier alpha value is -1.79. The maximum absolute atomic E-state index is 12.6. The van der Waals surface area contributed by atoms with Crippen LogP contribution in [0.15, 0.2) is 12.1 Å². The fourth-order valence-corrected chi connectivity index (χ4v) is 4.45. The number of nitrogens with zero attached hydrogens (tertiary/aromatic N) is 3. The summed E-state index contributed by atoms with van der Waals surface area (Å²) < 4.78 is 26.5. The Bertz CT molecular complexity index is 881. The van der Waals surface area contributed by atoms with Gasteiger partial charge in [0.15, 0.2) is 0 Å². The number of hydrogen-bond donors (Lipinski definition) is 1. The molecular weight excluding hydrogens is 497 g/mol. The van der Waals surface area contributed by atoms with Crippen molar-refractivity contribution in [3.05, 3.63) is 37.9 Å². The predicted octanol–water partition coefficient (Wildman–Crippen LogP) is 0.512. The van der Waals surface area contributed by atoms with Gasteiger partial charge < -0.3 is 0 Å². The van der Waals surface area contributed by atoms with Crippen LogP contribution in [-0.2, 0) is 14.3 Å². The van der Waals surface area contributed by atoms with Crippen molar-refractivity contribution >= 4 is 59.1 Å². The molecule has 0 amide bonds. The average Bonchev–Trinajstić information content (AvgIpc) is 2.63. The number of benzene rings is 1. The van der Waals surface area contributed by atoms with E-state index in [2.05, 4.69) is 4.18 Å². The van der Waals surface area contributed by atoms with Gasteiger partial charge in [0.1, 0.15) is 0 Å². The number of anilines is 1.